The van der Waals surface area contributed by atoms with Crippen molar-refractivity contribution in [2.24, 2.45) is 5.10 Å². The summed E-state index contributed by atoms with van der Waals surface area (Å²) in [5, 5.41) is 6.21. The zero-order chi connectivity index (χ0) is 21.5. The van der Waals surface area contributed by atoms with Crippen LogP contribution in [-0.4, -0.2) is 16.2 Å². The van der Waals surface area contributed by atoms with E-state index in [2.05, 4.69) is 37.4 Å². The number of nitrogens with zero attached hydrogens (tertiary/aromatic N) is 2. The van der Waals surface area contributed by atoms with E-state index >= 15 is 0 Å². The predicted octanol–water partition coefficient (Wildman–Crippen LogP) is 5.30. The van der Waals surface area contributed by atoms with Crippen molar-refractivity contribution in [2.75, 3.05) is 0 Å². The third-order valence-electron chi connectivity index (χ3n) is 5.32. The number of H-pyrrole nitrogens is 1. The van der Waals surface area contributed by atoms with Gasteiger partial charge in [-0.05, 0) is 45.9 Å². The van der Waals surface area contributed by atoms with Crippen molar-refractivity contribution in [2.45, 2.75) is 32.7 Å². The van der Waals surface area contributed by atoms with Crippen molar-refractivity contribution in [1.29, 1.82) is 0 Å². The smallest absolute Gasteiger partial charge is 0.248 e. The Labute approximate surface area is 175 Å². The molecular weight excluding hydrogens is 377 g/mol. The van der Waals surface area contributed by atoms with Crippen LogP contribution in [-0.2, 0) is 12.0 Å². The van der Waals surface area contributed by atoms with E-state index in [0.29, 0.717) is 17.8 Å². The Morgan fingerprint density at radius 3 is 2.47 bits per heavy atom. The van der Waals surface area contributed by atoms with Gasteiger partial charge in [0, 0.05) is 23.4 Å². The molecule has 1 aliphatic heterocycles. The highest BCUT2D eigenvalue weighted by Gasteiger charge is 2.24. The number of nitrogens with one attached hydrogen (secondary N) is 1. The molecule has 0 bridgehead atoms. The molecule has 0 saturated heterocycles. The van der Waals surface area contributed by atoms with Gasteiger partial charge in [-0.1, -0.05) is 51.6 Å². The second-order valence-corrected chi connectivity index (χ2v) is 8.56. The number of benzene rings is 2. The van der Waals surface area contributed by atoms with Crippen LogP contribution in [0.4, 0.5) is 4.39 Å². The van der Waals surface area contributed by atoms with Crippen LogP contribution in [0.15, 0.2) is 71.2 Å². The maximum atomic E-state index is 14.9. The lowest BCUT2D eigenvalue weighted by atomic mass is 9.84. The summed E-state index contributed by atoms with van der Waals surface area (Å²) in [7, 11) is 0. The van der Waals surface area contributed by atoms with Crippen LogP contribution < -0.4 is 5.56 Å². The first-order valence-corrected chi connectivity index (χ1v) is 9.85. The van der Waals surface area contributed by atoms with Crippen LogP contribution in [0.5, 0.6) is 0 Å². The molecule has 1 aromatic heterocycles. The molecule has 2 heterocycles. The summed E-state index contributed by atoms with van der Waals surface area (Å²) in [6, 6.07) is 14.9. The molecule has 4 nitrogen and oxygen atoms in total. The lowest BCUT2D eigenvalue weighted by Crippen LogP contribution is -2.22. The molecule has 0 radical (unpaired) electrons. The number of pyridine rings is 1. The van der Waals surface area contributed by atoms with Crippen molar-refractivity contribution in [1.82, 2.24) is 9.99 Å². The van der Waals surface area contributed by atoms with Crippen molar-refractivity contribution >= 4 is 11.9 Å². The third-order valence-corrected chi connectivity index (χ3v) is 5.32. The lowest BCUT2D eigenvalue weighted by molar-refractivity contribution is 0.411. The Morgan fingerprint density at radius 1 is 1.07 bits per heavy atom. The Morgan fingerprint density at radius 2 is 1.80 bits per heavy atom. The van der Waals surface area contributed by atoms with Gasteiger partial charge in [-0.3, -0.25) is 9.80 Å². The van der Waals surface area contributed by atoms with Crippen LogP contribution in [0, 0.1) is 5.82 Å². The van der Waals surface area contributed by atoms with Crippen molar-refractivity contribution in [3.8, 4) is 11.1 Å². The number of hydrogen-bond donors (Lipinski definition) is 1. The first-order valence-electron chi connectivity index (χ1n) is 9.85. The molecule has 3 aromatic rings. The highest BCUT2D eigenvalue weighted by molar-refractivity contribution is 5.91. The predicted molar refractivity (Wildman–Crippen MR) is 120 cm³/mol. The molecule has 2 aromatic carbocycles. The molecule has 0 fully saturated rings. The van der Waals surface area contributed by atoms with E-state index in [0.717, 1.165) is 27.8 Å². The summed E-state index contributed by atoms with van der Waals surface area (Å²) in [5.41, 5.74) is 5.28. The number of halogens is 1. The average Bonchev–Trinajstić information content (AvgIpc) is 2.69. The van der Waals surface area contributed by atoms with E-state index in [-0.39, 0.29) is 16.8 Å². The largest absolute Gasteiger partial charge is 0.329 e. The van der Waals surface area contributed by atoms with Crippen molar-refractivity contribution in [3.63, 3.8) is 0 Å². The van der Waals surface area contributed by atoms with Gasteiger partial charge in [0.05, 0.1) is 18.5 Å². The van der Waals surface area contributed by atoms with Gasteiger partial charge in [0.15, 0.2) is 0 Å². The highest BCUT2D eigenvalue weighted by atomic mass is 19.1. The third kappa shape index (κ3) is 3.83. The topological polar surface area (TPSA) is 48.5 Å². The normalized spacial score (nSPS) is 13.5. The van der Waals surface area contributed by atoms with Gasteiger partial charge in [0.2, 0.25) is 5.56 Å². The molecule has 4 rings (SSSR count). The highest BCUT2D eigenvalue weighted by Crippen LogP contribution is 2.33. The quantitative estimate of drug-likeness (QED) is 0.647. The van der Waals surface area contributed by atoms with E-state index in [4.69, 9.17) is 0 Å². The van der Waals surface area contributed by atoms with Crippen molar-refractivity contribution < 1.29 is 4.39 Å². The molecular formula is C25H24FN3O. The molecule has 1 N–H and O–H groups in total. The Hall–Kier alpha value is -3.47. The SMILES string of the molecule is C=C1c2c(F)cc(C(C)(C)C)cc2C=NN1Cc1ccc(-c2cc[nH]c(=O)c2)cc1. The summed E-state index contributed by atoms with van der Waals surface area (Å²) < 4.78 is 14.9. The van der Waals surface area contributed by atoms with Gasteiger partial charge in [-0.2, -0.15) is 5.10 Å². The molecule has 0 atom stereocenters. The fraction of sp³-hybridized carbons (Fsp3) is 0.200. The minimum atomic E-state index is -0.275. The van der Waals surface area contributed by atoms with Crippen LogP contribution in [0.1, 0.15) is 43.0 Å². The number of hydrazone groups is 1. The minimum absolute atomic E-state index is 0.133. The van der Waals surface area contributed by atoms with Gasteiger partial charge in [-0.25, -0.2) is 4.39 Å². The summed E-state index contributed by atoms with van der Waals surface area (Å²) >= 11 is 0. The first-order chi connectivity index (χ1) is 14.2. The second-order valence-electron chi connectivity index (χ2n) is 8.56. The van der Waals surface area contributed by atoms with Gasteiger partial charge in [0.1, 0.15) is 5.82 Å². The second kappa shape index (κ2) is 7.41. The molecule has 1 aliphatic rings. The number of fused-ring (bicyclic) bond motifs is 1. The van der Waals surface area contributed by atoms with E-state index in [1.54, 1.807) is 29.6 Å². The van der Waals surface area contributed by atoms with Crippen LogP contribution in [0.25, 0.3) is 16.8 Å². The van der Waals surface area contributed by atoms with E-state index < -0.39 is 0 Å². The van der Waals surface area contributed by atoms with Gasteiger partial charge >= 0.3 is 0 Å². The fourth-order valence-corrected chi connectivity index (χ4v) is 3.53. The summed E-state index contributed by atoms with van der Waals surface area (Å²) in [6.45, 7) is 10.8. The van der Waals surface area contributed by atoms with E-state index in [1.165, 1.54) is 0 Å². The van der Waals surface area contributed by atoms with Gasteiger partial charge in [0.25, 0.3) is 0 Å². The molecule has 152 valence electrons. The van der Waals surface area contributed by atoms with Crippen LogP contribution >= 0.6 is 0 Å². The Kier molecular flexibility index (Phi) is 4.90. The molecule has 30 heavy (non-hydrogen) atoms. The summed E-state index contributed by atoms with van der Waals surface area (Å²) in [4.78, 5) is 14.1. The fourth-order valence-electron chi connectivity index (χ4n) is 3.53. The first kappa shape index (κ1) is 19.8. The Bertz CT molecular complexity index is 1200. The summed E-state index contributed by atoms with van der Waals surface area (Å²) in [5.74, 6) is -0.275. The van der Waals surface area contributed by atoms with Crippen LogP contribution in [0.3, 0.4) is 0 Å². The maximum absolute atomic E-state index is 14.9. The molecule has 5 heteroatoms. The monoisotopic (exact) mass is 401 g/mol. The molecule has 0 amide bonds. The molecule has 0 saturated carbocycles. The molecule has 0 spiro atoms. The minimum Gasteiger partial charge on any atom is -0.329 e. The lowest BCUT2D eigenvalue weighted by Gasteiger charge is -2.28. The Balaban J connectivity index is 1.57. The number of rotatable bonds is 3. The van der Waals surface area contributed by atoms with Gasteiger partial charge in [-0.15, -0.1) is 0 Å². The average molecular weight is 401 g/mol. The number of aromatic amines is 1. The zero-order valence-electron chi connectivity index (χ0n) is 17.4. The standard InChI is InChI=1S/C25H24FN3O/c1-16-24-20(11-21(13-22(24)26)25(2,3)4)14-28-29(16)15-17-5-7-18(8-6-17)19-9-10-27-23(30)12-19/h5-14H,1,15H2,2-4H3,(H,27,30). The van der Waals surface area contributed by atoms with Crippen LogP contribution in [0.2, 0.25) is 0 Å². The van der Waals surface area contributed by atoms with Gasteiger partial charge < -0.3 is 4.98 Å². The molecule has 0 unspecified atom stereocenters. The molecule has 0 aliphatic carbocycles. The van der Waals surface area contributed by atoms with E-state index in [1.807, 2.05) is 36.4 Å². The maximum Gasteiger partial charge on any atom is 0.248 e. The zero-order valence-corrected chi connectivity index (χ0v) is 17.4. The number of aromatic nitrogens is 1. The van der Waals surface area contributed by atoms with E-state index in [9.17, 15) is 9.18 Å². The van der Waals surface area contributed by atoms with Crippen molar-refractivity contribution in [3.05, 3.63) is 99.7 Å². The summed E-state index contributed by atoms with van der Waals surface area (Å²) in [6.07, 6.45) is 3.34. The number of hydrogen-bond acceptors (Lipinski definition) is 3.